The molecule has 0 fully saturated rings. The van der Waals surface area contributed by atoms with Crippen molar-refractivity contribution in [3.05, 3.63) is 146 Å². The highest BCUT2D eigenvalue weighted by Crippen LogP contribution is 2.45. The molecule has 0 radical (unpaired) electrons. The summed E-state index contributed by atoms with van der Waals surface area (Å²) >= 11 is 0. The minimum atomic E-state index is -0.688. The Morgan fingerprint density at radius 2 is 1.49 bits per heavy atom. The molecule has 4 aromatic rings. The van der Waals surface area contributed by atoms with E-state index in [0.717, 1.165) is 34.1 Å². The largest absolute Gasteiger partial charge is 0.456 e. The molecule has 0 aliphatic carbocycles. The van der Waals surface area contributed by atoms with Crippen LogP contribution in [0.3, 0.4) is 0 Å². The summed E-state index contributed by atoms with van der Waals surface area (Å²) < 4.78 is 6.37. The van der Waals surface area contributed by atoms with Gasteiger partial charge in [0.05, 0.1) is 22.1 Å². The van der Waals surface area contributed by atoms with Crippen LogP contribution in [-0.4, -0.2) is 16.1 Å². The third-order valence-electron chi connectivity index (χ3n) is 5.96. The Balaban J connectivity index is 1.61. The van der Waals surface area contributed by atoms with Crippen LogP contribution in [-0.2, 0) is 0 Å². The number of nitrogens with one attached hydrogen (secondary N) is 1. The molecule has 1 aliphatic rings. The summed E-state index contributed by atoms with van der Waals surface area (Å²) in [5, 5.41) is 26.9. The molecular weight excluding hydrogens is 472 g/mol. The highest BCUT2D eigenvalue weighted by atomic mass is 16.6. The van der Waals surface area contributed by atoms with Crippen molar-refractivity contribution in [3.63, 3.8) is 0 Å². The van der Waals surface area contributed by atoms with E-state index < -0.39 is 15.5 Å². The van der Waals surface area contributed by atoms with Crippen molar-refractivity contribution in [2.45, 2.75) is 5.92 Å². The van der Waals surface area contributed by atoms with Crippen LogP contribution in [0.2, 0.25) is 0 Å². The van der Waals surface area contributed by atoms with E-state index in [1.165, 1.54) is 12.1 Å². The lowest BCUT2D eigenvalue weighted by Gasteiger charge is -2.29. The number of hydrogen-bond acceptors (Lipinski definition) is 7. The van der Waals surface area contributed by atoms with Gasteiger partial charge in [-0.3, -0.25) is 25.7 Å². The van der Waals surface area contributed by atoms with Gasteiger partial charge in [0, 0.05) is 28.7 Å². The lowest BCUT2D eigenvalue weighted by atomic mass is 9.82. The average Bonchev–Trinajstić information content (AvgIpc) is 2.93. The van der Waals surface area contributed by atoms with Gasteiger partial charge >= 0.3 is 5.69 Å². The molecule has 0 saturated heterocycles. The summed E-state index contributed by atoms with van der Waals surface area (Å²) in [5.74, 6) is 1.11. The smallest absolute Gasteiger partial charge is 0.301 e. The average molecular weight is 492 g/mol. The van der Waals surface area contributed by atoms with E-state index in [4.69, 9.17) is 4.74 Å². The summed E-state index contributed by atoms with van der Waals surface area (Å²) in [6.07, 6.45) is 1.58. The van der Waals surface area contributed by atoms with Crippen molar-refractivity contribution >= 4 is 29.0 Å². The van der Waals surface area contributed by atoms with Crippen molar-refractivity contribution in [1.29, 1.82) is 0 Å². The molecule has 0 spiro atoms. The second-order valence-corrected chi connectivity index (χ2v) is 8.22. The first-order chi connectivity index (χ1) is 18.0. The lowest BCUT2D eigenvalue weighted by molar-refractivity contribution is -0.393. The molecule has 0 bridgehead atoms. The number of anilines is 1. The molecule has 1 aliphatic heterocycles. The highest BCUT2D eigenvalue weighted by Gasteiger charge is 2.31. The quantitative estimate of drug-likeness (QED) is 0.178. The number of benzene rings is 4. The van der Waals surface area contributed by atoms with Crippen LogP contribution in [0, 0.1) is 20.2 Å². The van der Waals surface area contributed by atoms with Crippen LogP contribution in [0.25, 0.3) is 5.76 Å². The fraction of sp³-hybridized carbons (Fsp3) is 0.0357. The fourth-order valence-electron chi connectivity index (χ4n) is 4.28. The van der Waals surface area contributed by atoms with Crippen molar-refractivity contribution in [1.82, 2.24) is 0 Å². The number of hydrazone groups is 1. The number of ether oxygens (including phenoxy) is 1. The van der Waals surface area contributed by atoms with E-state index in [-0.39, 0.29) is 17.3 Å². The zero-order valence-electron chi connectivity index (χ0n) is 19.4. The number of allylic oxidation sites excluding steroid dienone is 1. The molecule has 9 heteroatoms. The monoisotopic (exact) mass is 492 g/mol. The third kappa shape index (κ3) is 4.78. The van der Waals surface area contributed by atoms with E-state index in [2.05, 4.69) is 10.5 Å². The molecule has 4 aromatic carbocycles. The molecular formula is C28H20N4O5. The Bertz CT molecular complexity index is 1530. The number of rotatable bonds is 7. The minimum absolute atomic E-state index is 0.0297. The van der Waals surface area contributed by atoms with Crippen molar-refractivity contribution < 1.29 is 14.6 Å². The van der Waals surface area contributed by atoms with Crippen molar-refractivity contribution in [3.8, 4) is 5.75 Å². The van der Waals surface area contributed by atoms with Gasteiger partial charge in [-0.15, -0.1) is 0 Å². The van der Waals surface area contributed by atoms with Gasteiger partial charge in [-0.25, -0.2) is 0 Å². The highest BCUT2D eigenvalue weighted by molar-refractivity contribution is 5.94. The molecule has 0 amide bonds. The van der Waals surface area contributed by atoms with Crippen LogP contribution < -0.4 is 10.2 Å². The molecule has 1 heterocycles. The zero-order chi connectivity index (χ0) is 25.8. The van der Waals surface area contributed by atoms with E-state index >= 15 is 0 Å². The summed E-state index contributed by atoms with van der Waals surface area (Å²) in [6, 6.07) is 30.7. The van der Waals surface area contributed by atoms with E-state index in [9.17, 15) is 20.2 Å². The van der Waals surface area contributed by atoms with Crippen molar-refractivity contribution in [2.24, 2.45) is 5.10 Å². The molecule has 9 nitrogen and oxygen atoms in total. The predicted molar refractivity (Wildman–Crippen MR) is 141 cm³/mol. The second kappa shape index (κ2) is 10.1. The molecule has 1 atom stereocenters. The maximum Gasteiger partial charge on any atom is 0.301 e. The standard InChI is InChI=1S/C28H20N4O5/c33-31(34)21-15-16-24(25(17-21)32(35)36)30-29-18-23-27(19-9-3-1-4-10-19)22-13-7-8-14-26(22)37-28(23)20-11-5-2-6-12-20/h1-18,27,30H. The summed E-state index contributed by atoms with van der Waals surface area (Å²) in [6.45, 7) is 0. The summed E-state index contributed by atoms with van der Waals surface area (Å²) in [4.78, 5) is 21.2. The number of para-hydroxylation sites is 1. The topological polar surface area (TPSA) is 120 Å². The maximum absolute atomic E-state index is 11.5. The minimum Gasteiger partial charge on any atom is -0.456 e. The van der Waals surface area contributed by atoms with E-state index in [1.807, 2.05) is 84.9 Å². The molecule has 1 N–H and O–H groups in total. The number of nitro groups is 2. The number of fused-ring (bicyclic) bond motifs is 1. The van der Waals surface area contributed by atoms with E-state index in [1.54, 1.807) is 6.21 Å². The third-order valence-corrected chi connectivity index (χ3v) is 5.96. The first-order valence-electron chi connectivity index (χ1n) is 11.4. The van der Waals surface area contributed by atoms with Crippen LogP contribution in [0.4, 0.5) is 17.1 Å². The van der Waals surface area contributed by atoms with Crippen LogP contribution in [0.15, 0.2) is 114 Å². The second-order valence-electron chi connectivity index (χ2n) is 8.22. The predicted octanol–water partition coefficient (Wildman–Crippen LogP) is 6.54. The molecule has 0 aromatic heterocycles. The van der Waals surface area contributed by atoms with Gasteiger partial charge < -0.3 is 4.74 Å². The van der Waals surface area contributed by atoms with Gasteiger partial charge in [0.1, 0.15) is 17.2 Å². The Kier molecular flexibility index (Phi) is 6.41. The molecule has 37 heavy (non-hydrogen) atoms. The Morgan fingerprint density at radius 1 is 0.811 bits per heavy atom. The molecule has 0 saturated carbocycles. The molecule has 182 valence electrons. The Hall–Kier alpha value is -5.31. The number of nitrogens with zero attached hydrogens (tertiary/aromatic N) is 3. The van der Waals surface area contributed by atoms with Gasteiger partial charge in [0.15, 0.2) is 0 Å². The Labute approximate surface area is 211 Å². The zero-order valence-corrected chi connectivity index (χ0v) is 19.4. The van der Waals surface area contributed by atoms with Crippen LogP contribution in [0.1, 0.15) is 22.6 Å². The van der Waals surface area contributed by atoms with Gasteiger partial charge in [-0.1, -0.05) is 78.9 Å². The number of nitro benzene ring substituents is 2. The Morgan fingerprint density at radius 3 is 2.19 bits per heavy atom. The molecule has 5 rings (SSSR count). The van der Waals surface area contributed by atoms with Crippen LogP contribution >= 0.6 is 0 Å². The first kappa shape index (κ1) is 23.4. The van der Waals surface area contributed by atoms with Gasteiger partial charge in [-0.05, 0) is 17.7 Å². The summed E-state index contributed by atoms with van der Waals surface area (Å²) in [5.41, 5.74) is 5.46. The van der Waals surface area contributed by atoms with Crippen molar-refractivity contribution in [2.75, 3.05) is 5.43 Å². The first-order valence-corrected chi connectivity index (χ1v) is 11.4. The lowest BCUT2D eigenvalue weighted by Crippen LogP contribution is -2.17. The van der Waals surface area contributed by atoms with Crippen LogP contribution in [0.5, 0.6) is 5.75 Å². The number of non-ortho nitro benzene ring substituents is 1. The summed E-state index contributed by atoms with van der Waals surface area (Å²) in [7, 11) is 0. The maximum atomic E-state index is 11.5. The van der Waals surface area contributed by atoms with Gasteiger partial charge in [0.25, 0.3) is 5.69 Å². The SMILES string of the molecule is O=[N+]([O-])c1ccc(NN=CC2=C(c3ccccc3)Oc3ccccc3C2c2ccccc2)c([N+](=O)[O-])c1. The number of hydrogen-bond donors (Lipinski definition) is 1. The molecule has 1 unspecified atom stereocenters. The van der Waals surface area contributed by atoms with E-state index in [0.29, 0.717) is 5.76 Å². The van der Waals surface area contributed by atoms with Gasteiger partial charge in [0.2, 0.25) is 0 Å². The normalized spacial score (nSPS) is 14.6. The van der Waals surface area contributed by atoms with Gasteiger partial charge in [-0.2, -0.15) is 5.10 Å². The fourth-order valence-corrected chi connectivity index (χ4v) is 4.28.